The molecule has 5 heteroatoms. The summed E-state index contributed by atoms with van der Waals surface area (Å²) in [5.74, 6) is 0.543. The van der Waals surface area contributed by atoms with E-state index in [-0.39, 0.29) is 5.78 Å². The first kappa shape index (κ1) is 14.5. The van der Waals surface area contributed by atoms with Crippen molar-refractivity contribution in [3.8, 4) is 0 Å². The molecule has 0 radical (unpaired) electrons. The van der Waals surface area contributed by atoms with Gasteiger partial charge in [-0.15, -0.1) is 0 Å². The molecule has 0 amide bonds. The maximum absolute atomic E-state index is 12.3. The topological polar surface area (TPSA) is 44.1 Å². The minimum atomic E-state index is 0.107. The number of hydrogen-bond donors (Lipinski definition) is 0. The third-order valence-electron chi connectivity index (χ3n) is 3.56. The lowest BCUT2D eigenvalue weighted by molar-refractivity contribution is -0.0246. The van der Waals surface area contributed by atoms with Gasteiger partial charge in [0.2, 0.25) is 0 Å². The first-order chi connectivity index (χ1) is 9.15. The highest BCUT2D eigenvalue weighted by atomic mass is 35.5. The molecule has 1 fully saturated rings. The fraction of sp³-hybridized carbons (Fsp3) is 0.714. The van der Waals surface area contributed by atoms with E-state index in [1.165, 1.54) is 0 Å². The summed E-state index contributed by atoms with van der Waals surface area (Å²) in [7, 11) is 0. The zero-order valence-corrected chi connectivity index (χ0v) is 12.3. The van der Waals surface area contributed by atoms with Crippen LogP contribution in [0.15, 0.2) is 6.20 Å². The van der Waals surface area contributed by atoms with Crippen molar-refractivity contribution in [1.29, 1.82) is 0 Å². The zero-order chi connectivity index (χ0) is 13.8. The van der Waals surface area contributed by atoms with E-state index in [2.05, 4.69) is 12.0 Å². The van der Waals surface area contributed by atoms with Crippen molar-refractivity contribution >= 4 is 17.4 Å². The molecule has 1 aromatic rings. The van der Waals surface area contributed by atoms with E-state index in [9.17, 15) is 4.79 Å². The van der Waals surface area contributed by atoms with Gasteiger partial charge in [-0.25, -0.2) is 0 Å². The van der Waals surface area contributed by atoms with Crippen LogP contribution in [0.5, 0.6) is 0 Å². The monoisotopic (exact) mass is 284 g/mol. The van der Waals surface area contributed by atoms with Crippen LogP contribution in [0.1, 0.15) is 50.0 Å². The smallest absolute Gasteiger partial charge is 0.182 e. The van der Waals surface area contributed by atoms with Crippen LogP contribution < -0.4 is 0 Å². The van der Waals surface area contributed by atoms with E-state index in [1.54, 1.807) is 10.9 Å². The summed E-state index contributed by atoms with van der Waals surface area (Å²) in [5, 5.41) is 4.63. The molecular formula is C14H21ClN2O2. The van der Waals surface area contributed by atoms with E-state index in [0.29, 0.717) is 29.2 Å². The molecule has 19 heavy (non-hydrogen) atoms. The highest BCUT2D eigenvalue weighted by molar-refractivity contribution is 6.33. The molecule has 0 saturated heterocycles. The Kier molecular flexibility index (Phi) is 4.99. The first-order valence-electron chi connectivity index (χ1n) is 7.01. The fourth-order valence-corrected chi connectivity index (χ4v) is 2.84. The summed E-state index contributed by atoms with van der Waals surface area (Å²) >= 11 is 6.07. The van der Waals surface area contributed by atoms with Crippen molar-refractivity contribution in [3.63, 3.8) is 0 Å². The van der Waals surface area contributed by atoms with Gasteiger partial charge >= 0.3 is 0 Å². The normalized spacial score (nSPS) is 22.3. The minimum absolute atomic E-state index is 0.107. The molecule has 1 aliphatic rings. The van der Waals surface area contributed by atoms with Crippen LogP contribution in [-0.2, 0) is 11.3 Å². The molecule has 0 atom stereocenters. The molecule has 0 N–H and O–H groups in total. The number of Topliss-reactive ketones (excluding diaryl/α,β-unsaturated/α-hetero) is 1. The second-order valence-electron chi connectivity index (χ2n) is 5.11. The van der Waals surface area contributed by atoms with Gasteiger partial charge in [-0.05, 0) is 32.1 Å². The third-order valence-corrected chi connectivity index (χ3v) is 3.84. The maximum atomic E-state index is 12.3. The second-order valence-corrected chi connectivity index (χ2v) is 5.51. The largest absolute Gasteiger partial charge is 0.378 e. The second kappa shape index (κ2) is 6.53. The number of aryl methyl sites for hydroxylation is 1. The van der Waals surface area contributed by atoms with Gasteiger partial charge in [0, 0.05) is 19.6 Å². The molecule has 1 heterocycles. The van der Waals surface area contributed by atoms with Crippen molar-refractivity contribution in [2.75, 3.05) is 6.61 Å². The molecule has 4 nitrogen and oxygen atoms in total. The number of nitrogens with zero attached hydrogens (tertiary/aromatic N) is 2. The predicted molar refractivity (Wildman–Crippen MR) is 74.6 cm³/mol. The Morgan fingerprint density at radius 2 is 2.26 bits per heavy atom. The van der Waals surface area contributed by atoms with E-state index in [4.69, 9.17) is 16.3 Å². The minimum Gasteiger partial charge on any atom is -0.378 e. The first-order valence-corrected chi connectivity index (χ1v) is 7.39. The Bertz CT molecular complexity index is 439. The Balaban J connectivity index is 1.92. The zero-order valence-electron chi connectivity index (χ0n) is 11.6. The number of halogens is 1. The van der Waals surface area contributed by atoms with Crippen LogP contribution in [0.2, 0.25) is 5.02 Å². The Labute approximate surface area is 119 Å². The van der Waals surface area contributed by atoms with E-state index >= 15 is 0 Å². The van der Waals surface area contributed by atoms with E-state index < -0.39 is 0 Å². The standard InChI is InChI=1S/C14H21ClN2O2/c1-3-5-17-14(12(15)9-16-17)13(18)8-10-6-11(7-10)19-4-2/h9-11H,3-8H2,1-2H3. The van der Waals surface area contributed by atoms with Crippen molar-refractivity contribution in [2.24, 2.45) is 5.92 Å². The third kappa shape index (κ3) is 3.37. The predicted octanol–water partition coefficient (Wildman–Crippen LogP) is 3.33. The number of carbonyl (C=O) groups is 1. The highest BCUT2D eigenvalue weighted by Gasteiger charge is 2.32. The quantitative estimate of drug-likeness (QED) is 0.721. The van der Waals surface area contributed by atoms with Gasteiger partial charge in [0.1, 0.15) is 5.69 Å². The summed E-state index contributed by atoms with van der Waals surface area (Å²) < 4.78 is 7.24. The number of ether oxygens (including phenoxy) is 1. The molecular weight excluding hydrogens is 264 g/mol. The van der Waals surface area contributed by atoms with E-state index in [1.807, 2.05) is 6.92 Å². The number of rotatable bonds is 7. The molecule has 2 rings (SSSR count). The van der Waals surface area contributed by atoms with Crippen molar-refractivity contribution in [1.82, 2.24) is 9.78 Å². The van der Waals surface area contributed by atoms with Crippen LogP contribution in [0, 0.1) is 5.92 Å². The number of ketones is 1. The van der Waals surface area contributed by atoms with Crippen molar-refractivity contribution in [3.05, 3.63) is 16.9 Å². The number of aromatic nitrogens is 2. The summed E-state index contributed by atoms with van der Waals surface area (Å²) in [4.78, 5) is 12.3. The van der Waals surface area contributed by atoms with Crippen LogP contribution in [-0.4, -0.2) is 28.3 Å². The van der Waals surface area contributed by atoms with Crippen molar-refractivity contribution in [2.45, 2.75) is 52.2 Å². The lowest BCUT2D eigenvalue weighted by Gasteiger charge is -2.34. The SMILES string of the molecule is CCCn1ncc(Cl)c1C(=O)CC1CC(OCC)C1. The van der Waals surface area contributed by atoms with Crippen LogP contribution in [0.25, 0.3) is 0 Å². The summed E-state index contributed by atoms with van der Waals surface area (Å²) in [5.41, 5.74) is 0.573. The highest BCUT2D eigenvalue weighted by Crippen LogP contribution is 2.34. The fourth-order valence-electron chi connectivity index (χ4n) is 2.59. The number of carbonyl (C=O) groups excluding carboxylic acids is 1. The lowest BCUT2D eigenvalue weighted by Crippen LogP contribution is -2.33. The molecule has 1 aliphatic carbocycles. The average Bonchev–Trinajstić information content (AvgIpc) is 2.68. The Morgan fingerprint density at radius 1 is 1.53 bits per heavy atom. The molecule has 0 aliphatic heterocycles. The molecule has 1 aromatic heterocycles. The van der Waals surface area contributed by atoms with Crippen LogP contribution in [0.3, 0.4) is 0 Å². The summed E-state index contributed by atoms with van der Waals surface area (Å²) in [6.45, 7) is 5.55. The molecule has 106 valence electrons. The molecule has 0 aromatic carbocycles. The van der Waals surface area contributed by atoms with Gasteiger partial charge in [-0.2, -0.15) is 5.10 Å². The average molecular weight is 285 g/mol. The van der Waals surface area contributed by atoms with E-state index in [0.717, 1.165) is 32.4 Å². The van der Waals surface area contributed by atoms with Gasteiger partial charge in [0.25, 0.3) is 0 Å². The lowest BCUT2D eigenvalue weighted by atomic mass is 9.78. The van der Waals surface area contributed by atoms with Crippen LogP contribution in [0.4, 0.5) is 0 Å². The van der Waals surface area contributed by atoms with Gasteiger partial charge in [0.05, 0.1) is 17.3 Å². The summed E-state index contributed by atoms with van der Waals surface area (Å²) in [6, 6.07) is 0. The Hall–Kier alpha value is -0.870. The maximum Gasteiger partial charge on any atom is 0.182 e. The van der Waals surface area contributed by atoms with Crippen molar-refractivity contribution < 1.29 is 9.53 Å². The van der Waals surface area contributed by atoms with Gasteiger partial charge in [-0.3, -0.25) is 9.48 Å². The molecule has 0 unspecified atom stereocenters. The number of hydrogen-bond acceptors (Lipinski definition) is 3. The van der Waals surface area contributed by atoms with Gasteiger partial charge in [-0.1, -0.05) is 18.5 Å². The van der Waals surface area contributed by atoms with Gasteiger partial charge in [0.15, 0.2) is 5.78 Å². The van der Waals surface area contributed by atoms with Crippen LogP contribution >= 0.6 is 11.6 Å². The molecule has 0 bridgehead atoms. The Morgan fingerprint density at radius 3 is 2.89 bits per heavy atom. The summed E-state index contributed by atoms with van der Waals surface area (Å²) in [6.07, 6.45) is 5.37. The molecule has 1 saturated carbocycles. The van der Waals surface area contributed by atoms with Gasteiger partial charge < -0.3 is 4.74 Å². The molecule has 0 spiro atoms.